The molecule has 2 aromatic heterocycles. The molecule has 0 saturated heterocycles. The van der Waals surface area contributed by atoms with E-state index in [1.54, 1.807) is 38.1 Å². The van der Waals surface area contributed by atoms with E-state index in [1.165, 1.54) is 16.7 Å². The third kappa shape index (κ3) is 3.41. The molecule has 0 fully saturated rings. The molecule has 0 amide bonds. The van der Waals surface area contributed by atoms with E-state index >= 15 is 0 Å². The van der Waals surface area contributed by atoms with Gasteiger partial charge in [-0.05, 0) is 24.3 Å². The zero-order valence-electron chi connectivity index (χ0n) is 17.8. The average Bonchev–Trinajstić information content (AvgIpc) is 2.98. The summed E-state index contributed by atoms with van der Waals surface area (Å²) in [4.78, 5) is 26.7. The van der Waals surface area contributed by atoms with Crippen molar-refractivity contribution in [1.29, 1.82) is 0 Å². The van der Waals surface area contributed by atoms with Crippen molar-refractivity contribution < 1.29 is 22.7 Å². The molecule has 5 rings (SSSR count). The van der Waals surface area contributed by atoms with Crippen molar-refractivity contribution in [2.24, 2.45) is 5.92 Å². The van der Waals surface area contributed by atoms with Crippen LogP contribution in [0.2, 0.25) is 5.02 Å². The Kier molecular flexibility index (Phi) is 5.07. The lowest BCUT2D eigenvalue weighted by molar-refractivity contribution is -0.0891. The Morgan fingerprint density at radius 2 is 1.85 bits per heavy atom. The normalized spacial score (nSPS) is 20.8. The molecule has 0 saturated carbocycles. The number of hydrogen-bond donors (Lipinski definition) is 1. The third-order valence-corrected chi connectivity index (χ3v) is 7.72. The lowest BCUT2D eigenvalue weighted by atomic mass is 9.73. The van der Waals surface area contributed by atoms with Gasteiger partial charge < -0.3 is 14.1 Å². The average molecular weight is 508 g/mol. The molecule has 1 aromatic carbocycles. The highest BCUT2D eigenvalue weighted by molar-refractivity contribution is 7.99. The molecule has 2 unspecified atom stereocenters. The fourth-order valence-electron chi connectivity index (χ4n) is 4.67. The van der Waals surface area contributed by atoms with Gasteiger partial charge in [-0.2, -0.15) is 13.2 Å². The second kappa shape index (κ2) is 7.55. The second-order valence-electron chi connectivity index (χ2n) is 8.78. The van der Waals surface area contributed by atoms with Crippen LogP contribution >= 0.6 is 23.4 Å². The van der Waals surface area contributed by atoms with E-state index in [2.05, 4.69) is 0 Å². The minimum atomic E-state index is -4.51. The Hall–Kier alpha value is -2.91. The highest BCUT2D eigenvalue weighted by Gasteiger charge is 2.49. The van der Waals surface area contributed by atoms with Gasteiger partial charge in [0, 0.05) is 33.0 Å². The maximum atomic E-state index is 13.6. The number of halogens is 4. The summed E-state index contributed by atoms with van der Waals surface area (Å²) >= 11 is 6.81. The summed E-state index contributed by atoms with van der Waals surface area (Å²) in [6, 6.07) is 7.32. The van der Waals surface area contributed by atoms with Gasteiger partial charge in [-0.25, -0.2) is 4.79 Å². The smallest absolute Gasteiger partial charge is 0.416 e. The highest BCUT2D eigenvalue weighted by atomic mass is 35.5. The Morgan fingerprint density at radius 1 is 1.18 bits per heavy atom. The minimum absolute atomic E-state index is 0.116. The van der Waals surface area contributed by atoms with Crippen molar-refractivity contribution in [3.8, 4) is 5.75 Å². The zero-order chi connectivity index (χ0) is 24.6. The number of aromatic nitrogens is 1. The number of nitrogens with zero attached hydrogens (tertiary/aromatic N) is 1. The summed E-state index contributed by atoms with van der Waals surface area (Å²) in [5, 5.41) is 11.2. The van der Waals surface area contributed by atoms with Gasteiger partial charge >= 0.3 is 11.8 Å². The van der Waals surface area contributed by atoms with Gasteiger partial charge in [0.2, 0.25) is 0 Å². The van der Waals surface area contributed by atoms with Crippen LogP contribution in [0.1, 0.15) is 25.6 Å². The molecule has 0 bridgehead atoms. The molecule has 0 radical (unpaired) electrons. The van der Waals surface area contributed by atoms with Crippen molar-refractivity contribution >= 4 is 34.3 Å². The first-order valence-corrected chi connectivity index (χ1v) is 11.5. The Labute approximate surface area is 200 Å². The number of pyridine rings is 1. The van der Waals surface area contributed by atoms with Gasteiger partial charge in [0.1, 0.15) is 15.9 Å². The molecule has 2 aliphatic rings. The monoisotopic (exact) mass is 507 g/mol. The van der Waals surface area contributed by atoms with Crippen LogP contribution in [0.15, 0.2) is 77.9 Å². The van der Waals surface area contributed by atoms with E-state index in [-0.39, 0.29) is 15.9 Å². The van der Waals surface area contributed by atoms with Crippen LogP contribution in [-0.2, 0) is 5.41 Å². The quantitative estimate of drug-likeness (QED) is 0.462. The van der Waals surface area contributed by atoms with Crippen LogP contribution in [0.25, 0.3) is 11.0 Å². The largest absolute Gasteiger partial charge is 0.505 e. The summed E-state index contributed by atoms with van der Waals surface area (Å²) in [6.45, 7) is 3.47. The van der Waals surface area contributed by atoms with Gasteiger partial charge in [0.25, 0.3) is 5.56 Å². The first kappa shape index (κ1) is 22.9. The zero-order valence-corrected chi connectivity index (χ0v) is 19.4. The maximum absolute atomic E-state index is 13.6. The molecule has 2 atom stereocenters. The third-order valence-electron chi connectivity index (χ3n) is 6.40. The van der Waals surface area contributed by atoms with Crippen LogP contribution in [0, 0.1) is 5.92 Å². The predicted molar refractivity (Wildman–Crippen MR) is 123 cm³/mol. The summed E-state index contributed by atoms with van der Waals surface area (Å²) < 4.78 is 46.8. The molecule has 10 heteroatoms. The molecule has 0 spiro atoms. The van der Waals surface area contributed by atoms with Gasteiger partial charge in [-0.15, -0.1) is 0 Å². The van der Waals surface area contributed by atoms with Crippen LogP contribution < -0.4 is 11.2 Å². The summed E-state index contributed by atoms with van der Waals surface area (Å²) in [7, 11) is 0. The SMILES string of the molecule is CC1(C)c2cc3oc(=O)c(Sc4ccc(Cl)cc4)c(O)c3c(=O)n2C2C=CC(C(F)(F)F)=CC21. The van der Waals surface area contributed by atoms with Gasteiger partial charge in [0.05, 0.1) is 11.6 Å². The van der Waals surface area contributed by atoms with Gasteiger partial charge in [-0.3, -0.25) is 4.79 Å². The molecule has 5 nitrogen and oxygen atoms in total. The molecule has 1 N–H and O–H groups in total. The fourth-order valence-corrected chi connectivity index (χ4v) is 5.63. The van der Waals surface area contributed by atoms with E-state index in [1.807, 2.05) is 0 Å². The Morgan fingerprint density at radius 3 is 2.50 bits per heavy atom. The van der Waals surface area contributed by atoms with E-state index in [9.17, 15) is 27.9 Å². The Bertz CT molecular complexity index is 1520. The topological polar surface area (TPSA) is 72.4 Å². The van der Waals surface area contributed by atoms with Crippen molar-refractivity contribution in [2.45, 2.75) is 41.3 Å². The lowest BCUT2D eigenvalue weighted by Gasteiger charge is -2.29. The number of fused-ring (bicyclic) bond motifs is 4. The molecule has 3 heterocycles. The van der Waals surface area contributed by atoms with Crippen LogP contribution in [0.5, 0.6) is 5.75 Å². The van der Waals surface area contributed by atoms with Crippen LogP contribution in [0.3, 0.4) is 0 Å². The molecule has 1 aliphatic heterocycles. The molecular weight excluding hydrogens is 491 g/mol. The maximum Gasteiger partial charge on any atom is 0.416 e. The molecule has 176 valence electrons. The van der Waals surface area contributed by atoms with Crippen molar-refractivity contribution in [3.63, 3.8) is 0 Å². The number of hydrogen-bond acceptors (Lipinski definition) is 5. The number of alkyl halides is 3. The van der Waals surface area contributed by atoms with Crippen molar-refractivity contribution in [1.82, 2.24) is 4.57 Å². The van der Waals surface area contributed by atoms with Crippen LogP contribution in [0.4, 0.5) is 13.2 Å². The summed E-state index contributed by atoms with van der Waals surface area (Å²) in [5.74, 6) is -1.19. The number of benzene rings is 1. The highest BCUT2D eigenvalue weighted by Crippen LogP contribution is 2.51. The van der Waals surface area contributed by atoms with E-state index < -0.39 is 46.1 Å². The van der Waals surface area contributed by atoms with E-state index in [0.717, 1.165) is 23.9 Å². The number of allylic oxidation sites excluding steroid dienone is 4. The first-order chi connectivity index (χ1) is 15.9. The predicted octanol–water partition coefficient (Wildman–Crippen LogP) is 5.97. The number of aromatic hydroxyl groups is 1. The van der Waals surface area contributed by atoms with Crippen LogP contribution in [-0.4, -0.2) is 15.8 Å². The summed E-state index contributed by atoms with van der Waals surface area (Å²) in [6.07, 6.45) is -1.05. The fraction of sp³-hybridized carbons (Fsp3) is 0.250. The van der Waals surface area contributed by atoms with Crippen molar-refractivity contribution in [2.75, 3.05) is 0 Å². The summed E-state index contributed by atoms with van der Waals surface area (Å²) in [5.41, 5.74) is -2.81. The second-order valence-corrected chi connectivity index (χ2v) is 10.3. The van der Waals surface area contributed by atoms with E-state index in [4.69, 9.17) is 16.0 Å². The molecule has 34 heavy (non-hydrogen) atoms. The van der Waals surface area contributed by atoms with E-state index in [0.29, 0.717) is 15.6 Å². The van der Waals surface area contributed by atoms with Gasteiger partial charge in [-0.1, -0.05) is 55.4 Å². The lowest BCUT2D eigenvalue weighted by Crippen LogP contribution is -2.28. The van der Waals surface area contributed by atoms with Crippen molar-refractivity contribution in [3.05, 3.63) is 85.6 Å². The number of rotatable bonds is 2. The molecule has 3 aromatic rings. The standard InChI is InChI=1S/C24H17ClF3NO4S/c1-23(2)14-9-11(24(26,27)28)3-8-15(14)29-17(23)10-16-18(21(29)31)19(30)20(22(32)33-16)34-13-6-4-12(25)5-7-13/h3-10,14-15,30H,1-2H3. The van der Waals surface area contributed by atoms with Gasteiger partial charge in [0.15, 0.2) is 5.75 Å². The molecule has 1 aliphatic carbocycles. The Balaban J connectivity index is 1.70. The molecular formula is C24H17ClF3NO4S. The minimum Gasteiger partial charge on any atom is -0.505 e. The first-order valence-electron chi connectivity index (χ1n) is 10.3.